The minimum Gasteiger partial charge on any atom is -0.335 e. The Hall–Kier alpha value is -1.86. The predicted octanol–water partition coefficient (Wildman–Crippen LogP) is 1.18. The minimum atomic E-state index is -0.0305. The summed E-state index contributed by atoms with van der Waals surface area (Å²) in [5, 5.41) is 0. The van der Waals surface area contributed by atoms with Crippen molar-refractivity contribution >= 4 is 24.3 Å². The van der Waals surface area contributed by atoms with Gasteiger partial charge in [-0.2, -0.15) is 0 Å². The van der Waals surface area contributed by atoms with Gasteiger partial charge in [0, 0.05) is 57.6 Å². The van der Waals surface area contributed by atoms with Gasteiger partial charge in [0.1, 0.15) is 0 Å². The van der Waals surface area contributed by atoms with Crippen LogP contribution in [0.5, 0.6) is 0 Å². The van der Waals surface area contributed by atoms with Gasteiger partial charge in [-0.3, -0.25) is 9.78 Å². The summed E-state index contributed by atoms with van der Waals surface area (Å²) >= 11 is 0. The first-order chi connectivity index (χ1) is 11.1. The molecule has 0 unspecified atom stereocenters. The van der Waals surface area contributed by atoms with Crippen molar-refractivity contribution in [2.75, 3.05) is 39.3 Å². The van der Waals surface area contributed by atoms with E-state index in [0.717, 1.165) is 0 Å². The van der Waals surface area contributed by atoms with Gasteiger partial charge in [-0.15, -0.1) is 12.4 Å². The van der Waals surface area contributed by atoms with E-state index in [1.165, 1.54) is 0 Å². The summed E-state index contributed by atoms with van der Waals surface area (Å²) in [5.41, 5.74) is 6.87. The van der Waals surface area contributed by atoms with Gasteiger partial charge in [-0.25, -0.2) is 4.79 Å². The van der Waals surface area contributed by atoms with Crippen LogP contribution >= 0.6 is 12.4 Å². The third-order valence-electron chi connectivity index (χ3n) is 4.14. The molecule has 0 atom stereocenters. The Morgan fingerprint density at radius 2 is 1.75 bits per heavy atom. The molecule has 134 valence electrons. The second-order valence-corrected chi connectivity index (χ2v) is 5.47. The van der Waals surface area contributed by atoms with Gasteiger partial charge in [0.25, 0.3) is 5.91 Å². The van der Waals surface area contributed by atoms with Gasteiger partial charge in [-0.1, -0.05) is 0 Å². The molecule has 7 nitrogen and oxygen atoms in total. The minimum absolute atomic E-state index is 0. The number of pyridine rings is 1. The van der Waals surface area contributed by atoms with E-state index in [0.29, 0.717) is 57.1 Å². The average molecular weight is 356 g/mol. The number of rotatable bonds is 4. The molecule has 8 heteroatoms. The molecule has 3 amide bonds. The lowest BCUT2D eigenvalue weighted by Crippen LogP contribution is -2.54. The van der Waals surface area contributed by atoms with Crippen molar-refractivity contribution in [3.8, 4) is 0 Å². The molecule has 2 rings (SSSR count). The Balaban J connectivity index is 0.00000288. The van der Waals surface area contributed by atoms with Crippen LogP contribution in [0.15, 0.2) is 18.3 Å². The molecule has 2 heterocycles. The Kier molecular flexibility index (Phi) is 7.94. The van der Waals surface area contributed by atoms with Crippen LogP contribution in [0.4, 0.5) is 4.79 Å². The third kappa shape index (κ3) is 4.58. The van der Waals surface area contributed by atoms with Crippen LogP contribution in [-0.4, -0.2) is 70.9 Å². The molecular formula is C16H26ClN5O2. The van der Waals surface area contributed by atoms with Gasteiger partial charge >= 0.3 is 6.03 Å². The van der Waals surface area contributed by atoms with Crippen LogP contribution < -0.4 is 5.73 Å². The SMILES string of the molecule is CCN(CC)C(=O)N1CCN(C(=O)c2ccnc(CN)c2)CC1.Cl. The van der Waals surface area contributed by atoms with E-state index in [1.807, 2.05) is 18.7 Å². The van der Waals surface area contributed by atoms with Crippen LogP contribution in [0.2, 0.25) is 0 Å². The topological polar surface area (TPSA) is 82.8 Å². The van der Waals surface area contributed by atoms with E-state index in [9.17, 15) is 9.59 Å². The number of nitrogens with two attached hydrogens (primary N) is 1. The fourth-order valence-electron chi connectivity index (χ4n) is 2.70. The molecule has 24 heavy (non-hydrogen) atoms. The summed E-state index contributed by atoms with van der Waals surface area (Å²) in [6, 6.07) is 3.49. The molecule has 1 aliphatic heterocycles. The maximum Gasteiger partial charge on any atom is 0.320 e. The standard InChI is InChI=1S/C16H25N5O2.ClH/c1-3-19(4-2)16(23)21-9-7-20(8-10-21)15(22)13-5-6-18-14(11-13)12-17;/h5-6,11H,3-4,7-10,12,17H2,1-2H3;1H. The van der Waals surface area contributed by atoms with Crippen molar-refractivity contribution in [3.05, 3.63) is 29.6 Å². The third-order valence-corrected chi connectivity index (χ3v) is 4.14. The molecule has 0 saturated carbocycles. The summed E-state index contributed by atoms with van der Waals surface area (Å²) in [5.74, 6) is -0.0305. The van der Waals surface area contributed by atoms with E-state index in [4.69, 9.17) is 5.73 Å². The summed E-state index contributed by atoms with van der Waals surface area (Å²) in [6.07, 6.45) is 1.61. The zero-order chi connectivity index (χ0) is 16.8. The number of hydrogen-bond donors (Lipinski definition) is 1. The largest absolute Gasteiger partial charge is 0.335 e. The fraction of sp³-hybridized carbons (Fsp3) is 0.562. The van der Waals surface area contributed by atoms with Crippen LogP contribution in [-0.2, 0) is 6.54 Å². The number of carbonyl (C=O) groups is 2. The monoisotopic (exact) mass is 355 g/mol. The lowest BCUT2D eigenvalue weighted by atomic mass is 10.2. The molecule has 1 aliphatic rings. The van der Waals surface area contributed by atoms with E-state index in [-0.39, 0.29) is 24.3 Å². The Morgan fingerprint density at radius 3 is 2.29 bits per heavy atom. The van der Waals surface area contributed by atoms with Gasteiger partial charge in [0.15, 0.2) is 0 Å². The first-order valence-electron chi connectivity index (χ1n) is 8.08. The molecule has 2 N–H and O–H groups in total. The van der Waals surface area contributed by atoms with Crippen molar-refractivity contribution in [2.45, 2.75) is 20.4 Å². The molecule has 0 aliphatic carbocycles. The van der Waals surface area contributed by atoms with Crippen LogP contribution in [0, 0.1) is 0 Å². The van der Waals surface area contributed by atoms with Crippen LogP contribution in [0.1, 0.15) is 29.9 Å². The first-order valence-corrected chi connectivity index (χ1v) is 8.08. The lowest BCUT2D eigenvalue weighted by molar-refractivity contribution is 0.0641. The molecule has 0 spiro atoms. The van der Waals surface area contributed by atoms with Gasteiger partial charge < -0.3 is 20.4 Å². The van der Waals surface area contributed by atoms with Crippen molar-refractivity contribution < 1.29 is 9.59 Å². The number of aromatic nitrogens is 1. The molecule has 1 aromatic rings. The average Bonchev–Trinajstić information content (AvgIpc) is 2.62. The second kappa shape index (κ2) is 9.44. The number of piperazine rings is 1. The Labute approximate surface area is 149 Å². The highest BCUT2D eigenvalue weighted by atomic mass is 35.5. The zero-order valence-electron chi connectivity index (χ0n) is 14.3. The molecule has 1 aromatic heterocycles. The van der Waals surface area contributed by atoms with Crippen molar-refractivity contribution in [2.24, 2.45) is 5.73 Å². The smallest absolute Gasteiger partial charge is 0.320 e. The quantitative estimate of drug-likeness (QED) is 0.879. The Bertz CT molecular complexity index is 557. The maximum atomic E-state index is 12.5. The lowest BCUT2D eigenvalue weighted by Gasteiger charge is -2.37. The molecule has 0 radical (unpaired) electrons. The predicted molar refractivity (Wildman–Crippen MR) is 95.2 cm³/mol. The number of nitrogens with zero attached hydrogens (tertiary/aromatic N) is 4. The highest BCUT2D eigenvalue weighted by Crippen LogP contribution is 2.11. The molecule has 1 fully saturated rings. The van der Waals surface area contributed by atoms with E-state index >= 15 is 0 Å². The highest BCUT2D eigenvalue weighted by molar-refractivity contribution is 5.94. The van der Waals surface area contributed by atoms with Crippen molar-refractivity contribution in [1.82, 2.24) is 19.7 Å². The van der Waals surface area contributed by atoms with Crippen LogP contribution in [0.3, 0.4) is 0 Å². The molecule has 1 saturated heterocycles. The first kappa shape index (κ1) is 20.2. The van der Waals surface area contributed by atoms with Gasteiger partial charge in [-0.05, 0) is 26.0 Å². The highest BCUT2D eigenvalue weighted by Gasteiger charge is 2.26. The number of hydrogen-bond acceptors (Lipinski definition) is 4. The summed E-state index contributed by atoms with van der Waals surface area (Å²) in [7, 11) is 0. The van der Waals surface area contributed by atoms with Gasteiger partial charge in [0.05, 0.1) is 5.69 Å². The molecule has 0 bridgehead atoms. The normalized spacial score (nSPS) is 14.1. The van der Waals surface area contributed by atoms with Gasteiger partial charge in [0.2, 0.25) is 0 Å². The maximum absolute atomic E-state index is 12.5. The van der Waals surface area contributed by atoms with E-state index in [1.54, 1.807) is 28.1 Å². The number of carbonyl (C=O) groups excluding carboxylic acids is 2. The summed E-state index contributed by atoms with van der Waals surface area (Å²) < 4.78 is 0. The second-order valence-electron chi connectivity index (χ2n) is 5.47. The number of halogens is 1. The van der Waals surface area contributed by atoms with Crippen molar-refractivity contribution in [1.29, 1.82) is 0 Å². The summed E-state index contributed by atoms with van der Waals surface area (Å²) in [4.78, 5) is 34.3. The fourth-order valence-corrected chi connectivity index (χ4v) is 2.70. The van der Waals surface area contributed by atoms with Crippen LogP contribution in [0.25, 0.3) is 0 Å². The van der Waals surface area contributed by atoms with E-state index in [2.05, 4.69) is 4.98 Å². The molecule has 0 aromatic carbocycles. The molecular weight excluding hydrogens is 330 g/mol. The number of urea groups is 1. The van der Waals surface area contributed by atoms with Crippen molar-refractivity contribution in [3.63, 3.8) is 0 Å². The Morgan fingerprint density at radius 1 is 1.17 bits per heavy atom. The summed E-state index contributed by atoms with van der Waals surface area (Å²) in [6.45, 7) is 7.89. The number of amides is 3. The van der Waals surface area contributed by atoms with E-state index < -0.39 is 0 Å². The zero-order valence-corrected chi connectivity index (χ0v) is 15.1.